The second kappa shape index (κ2) is 12.8. The van der Waals surface area contributed by atoms with E-state index in [4.69, 9.17) is 14.6 Å². The molecule has 0 bridgehead atoms. The Morgan fingerprint density at radius 1 is 1.06 bits per heavy atom. The molecule has 1 aliphatic heterocycles. The summed E-state index contributed by atoms with van der Waals surface area (Å²) in [7, 11) is 1.74. The van der Waals surface area contributed by atoms with Gasteiger partial charge in [-0.25, -0.2) is 4.39 Å². The molecule has 0 saturated carbocycles. The van der Waals surface area contributed by atoms with Gasteiger partial charge in [-0.15, -0.1) is 0 Å². The quantitative estimate of drug-likeness (QED) is 0.558. The van der Waals surface area contributed by atoms with Gasteiger partial charge in [-0.1, -0.05) is 30.3 Å². The molecule has 0 unspecified atom stereocenters. The Bertz CT molecular complexity index is 764. The monoisotopic (exact) mass is 430 g/mol. The van der Waals surface area contributed by atoms with Crippen LogP contribution in [0.4, 0.5) is 4.39 Å². The standard InChI is InChI=1S/C25H35FN2O3/c1-30-16-14-28(18-21-6-8-24(9-7-21)31-17-15-29)19-22-10-12-27(13-11-22)20-23-4-2-3-5-25(23)26/h2-9,22,29H,10-20H2,1H3. The van der Waals surface area contributed by atoms with Gasteiger partial charge in [0.05, 0.1) is 13.2 Å². The highest BCUT2D eigenvalue weighted by Crippen LogP contribution is 2.22. The fraction of sp³-hybridized carbons (Fsp3) is 0.520. The molecule has 0 atom stereocenters. The van der Waals surface area contributed by atoms with Gasteiger partial charge < -0.3 is 14.6 Å². The maximum Gasteiger partial charge on any atom is 0.127 e. The predicted octanol–water partition coefficient (Wildman–Crippen LogP) is 3.56. The lowest BCUT2D eigenvalue weighted by Crippen LogP contribution is -2.39. The number of nitrogens with zero attached hydrogens (tertiary/aromatic N) is 2. The van der Waals surface area contributed by atoms with Crippen molar-refractivity contribution in [3.63, 3.8) is 0 Å². The highest BCUT2D eigenvalue weighted by Gasteiger charge is 2.22. The lowest BCUT2D eigenvalue weighted by molar-refractivity contribution is 0.106. The molecular weight excluding hydrogens is 395 g/mol. The number of hydrogen-bond donors (Lipinski definition) is 1. The van der Waals surface area contributed by atoms with Crippen molar-refractivity contribution in [2.24, 2.45) is 5.92 Å². The lowest BCUT2D eigenvalue weighted by atomic mass is 9.95. The van der Waals surface area contributed by atoms with Crippen molar-refractivity contribution >= 4 is 0 Å². The molecular formula is C25H35FN2O3. The van der Waals surface area contributed by atoms with Crippen LogP contribution in [0, 0.1) is 11.7 Å². The Kier molecular flexibility index (Phi) is 9.75. The fourth-order valence-electron chi connectivity index (χ4n) is 4.13. The van der Waals surface area contributed by atoms with Crippen molar-refractivity contribution in [2.75, 3.05) is 53.1 Å². The van der Waals surface area contributed by atoms with Gasteiger partial charge in [-0.05, 0) is 55.6 Å². The first-order chi connectivity index (χ1) is 15.2. The highest BCUT2D eigenvalue weighted by atomic mass is 19.1. The van der Waals surface area contributed by atoms with Crippen molar-refractivity contribution < 1.29 is 19.0 Å². The Hall–Kier alpha value is -1.99. The molecule has 1 N–H and O–H groups in total. The van der Waals surface area contributed by atoms with Crippen molar-refractivity contribution in [1.29, 1.82) is 0 Å². The molecule has 6 heteroatoms. The third-order valence-corrected chi connectivity index (χ3v) is 5.88. The van der Waals surface area contributed by atoms with E-state index < -0.39 is 0 Å². The van der Waals surface area contributed by atoms with Gasteiger partial charge >= 0.3 is 0 Å². The minimum atomic E-state index is -0.108. The van der Waals surface area contributed by atoms with Gasteiger partial charge in [0.2, 0.25) is 0 Å². The van der Waals surface area contributed by atoms with Crippen LogP contribution in [-0.4, -0.2) is 68.0 Å². The van der Waals surface area contributed by atoms with Gasteiger partial charge in [-0.2, -0.15) is 0 Å². The summed E-state index contributed by atoms with van der Waals surface area (Å²) in [4.78, 5) is 4.82. The first-order valence-electron chi connectivity index (χ1n) is 11.2. The number of benzene rings is 2. The number of aliphatic hydroxyl groups excluding tert-OH is 1. The topological polar surface area (TPSA) is 45.2 Å². The average molecular weight is 431 g/mol. The van der Waals surface area contributed by atoms with E-state index in [0.717, 1.165) is 56.9 Å². The minimum absolute atomic E-state index is 0.0195. The Balaban J connectivity index is 1.48. The molecule has 0 spiro atoms. The predicted molar refractivity (Wildman–Crippen MR) is 121 cm³/mol. The van der Waals surface area contributed by atoms with Crippen LogP contribution >= 0.6 is 0 Å². The zero-order valence-electron chi connectivity index (χ0n) is 18.5. The molecule has 1 fully saturated rings. The summed E-state index contributed by atoms with van der Waals surface area (Å²) in [5, 5.41) is 8.88. The lowest BCUT2D eigenvalue weighted by Gasteiger charge is -2.35. The van der Waals surface area contributed by atoms with Crippen LogP contribution in [-0.2, 0) is 17.8 Å². The van der Waals surface area contributed by atoms with Crippen LogP contribution in [0.2, 0.25) is 0 Å². The summed E-state index contributed by atoms with van der Waals surface area (Å²) in [6.45, 7) is 6.57. The van der Waals surface area contributed by atoms with E-state index in [1.807, 2.05) is 24.3 Å². The Labute approximate surface area is 185 Å². The SMILES string of the molecule is COCCN(Cc1ccc(OCCO)cc1)CC1CCN(Cc2ccccc2F)CC1. The van der Waals surface area contributed by atoms with Gasteiger partial charge in [-0.3, -0.25) is 9.80 Å². The van der Waals surface area contributed by atoms with Crippen LogP contribution in [0.1, 0.15) is 24.0 Å². The van der Waals surface area contributed by atoms with Crippen LogP contribution < -0.4 is 4.74 Å². The van der Waals surface area contributed by atoms with E-state index in [9.17, 15) is 4.39 Å². The average Bonchev–Trinajstić information content (AvgIpc) is 2.80. The molecule has 31 heavy (non-hydrogen) atoms. The second-order valence-electron chi connectivity index (χ2n) is 8.25. The van der Waals surface area contributed by atoms with Crippen LogP contribution in [0.15, 0.2) is 48.5 Å². The number of rotatable bonds is 12. The summed E-state index contributed by atoms with van der Waals surface area (Å²) in [6, 6.07) is 15.2. The molecule has 0 aromatic heterocycles. The minimum Gasteiger partial charge on any atom is -0.491 e. The molecule has 1 heterocycles. The third kappa shape index (κ3) is 7.89. The number of piperidine rings is 1. The van der Waals surface area contributed by atoms with Crippen molar-refractivity contribution in [1.82, 2.24) is 9.80 Å². The molecule has 170 valence electrons. The molecule has 5 nitrogen and oxygen atoms in total. The Morgan fingerprint density at radius 2 is 1.81 bits per heavy atom. The molecule has 1 aliphatic rings. The van der Waals surface area contributed by atoms with E-state index >= 15 is 0 Å². The summed E-state index contributed by atoms with van der Waals surface area (Å²) < 4.78 is 24.7. The molecule has 2 aromatic carbocycles. The fourth-order valence-corrected chi connectivity index (χ4v) is 4.13. The Morgan fingerprint density at radius 3 is 2.48 bits per heavy atom. The van der Waals surface area contributed by atoms with E-state index in [0.29, 0.717) is 25.7 Å². The van der Waals surface area contributed by atoms with Crippen LogP contribution in [0.25, 0.3) is 0 Å². The summed E-state index contributed by atoms with van der Waals surface area (Å²) in [5.74, 6) is 1.31. The normalized spacial score (nSPS) is 15.5. The molecule has 0 amide bonds. The number of halogens is 1. The van der Waals surface area contributed by atoms with Crippen LogP contribution in [0.5, 0.6) is 5.75 Å². The van der Waals surface area contributed by atoms with Crippen LogP contribution in [0.3, 0.4) is 0 Å². The first kappa shape index (κ1) is 23.7. The molecule has 0 aliphatic carbocycles. The van der Waals surface area contributed by atoms with Crippen molar-refractivity contribution in [3.05, 3.63) is 65.5 Å². The van der Waals surface area contributed by atoms with E-state index in [1.165, 1.54) is 5.56 Å². The smallest absolute Gasteiger partial charge is 0.127 e. The maximum atomic E-state index is 13.9. The van der Waals surface area contributed by atoms with E-state index in [-0.39, 0.29) is 12.4 Å². The zero-order chi connectivity index (χ0) is 21.9. The summed E-state index contributed by atoms with van der Waals surface area (Å²) >= 11 is 0. The van der Waals surface area contributed by atoms with Gasteiger partial charge in [0.1, 0.15) is 18.2 Å². The molecule has 1 saturated heterocycles. The number of aliphatic hydroxyl groups is 1. The molecule has 3 rings (SSSR count). The number of likely N-dealkylation sites (tertiary alicyclic amines) is 1. The maximum absolute atomic E-state index is 13.9. The molecule has 2 aromatic rings. The van der Waals surface area contributed by atoms with E-state index in [2.05, 4.69) is 21.9 Å². The van der Waals surface area contributed by atoms with Gasteiger partial charge in [0, 0.05) is 38.9 Å². The van der Waals surface area contributed by atoms with Gasteiger partial charge in [0.25, 0.3) is 0 Å². The van der Waals surface area contributed by atoms with Gasteiger partial charge in [0.15, 0.2) is 0 Å². The van der Waals surface area contributed by atoms with E-state index in [1.54, 1.807) is 19.2 Å². The third-order valence-electron chi connectivity index (χ3n) is 5.88. The zero-order valence-corrected chi connectivity index (χ0v) is 18.5. The summed E-state index contributed by atoms with van der Waals surface area (Å²) in [5.41, 5.74) is 2.03. The number of ether oxygens (including phenoxy) is 2. The van der Waals surface area contributed by atoms with Crippen molar-refractivity contribution in [3.8, 4) is 5.75 Å². The molecule has 0 radical (unpaired) electrons. The van der Waals surface area contributed by atoms with Crippen molar-refractivity contribution in [2.45, 2.75) is 25.9 Å². The largest absolute Gasteiger partial charge is 0.491 e. The first-order valence-corrected chi connectivity index (χ1v) is 11.2. The number of methoxy groups -OCH3 is 1. The highest BCUT2D eigenvalue weighted by molar-refractivity contribution is 5.27. The second-order valence-corrected chi connectivity index (χ2v) is 8.25. The summed E-state index contributed by atoms with van der Waals surface area (Å²) in [6.07, 6.45) is 2.26. The number of hydrogen-bond acceptors (Lipinski definition) is 5.